The van der Waals surface area contributed by atoms with Crippen molar-refractivity contribution in [2.75, 3.05) is 0 Å². The van der Waals surface area contributed by atoms with Gasteiger partial charge in [0, 0.05) is 6.42 Å². The van der Waals surface area contributed by atoms with Crippen molar-refractivity contribution in [3.63, 3.8) is 0 Å². The molecule has 0 unspecified atom stereocenters. The molecule has 2 heteroatoms. The monoisotopic (exact) mass is 328 g/mol. The maximum Gasteiger partial charge on any atom is 0.303 e. The van der Waals surface area contributed by atoms with Crippen molar-refractivity contribution < 1.29 is 9.90 Å². The molecule has 0 aromatic carbocycles. The maximum atomic E-state index is 10.3. The lowest BCUT2D eigenvalue weighted by Crippen LogP contribution is -1.91. The Bertz CT molecular complexity index is 462. The summed E-state index contributed by atoms with van der Waals surface area (Å²) in [5.41, 5.74) is 0. The summed E-state index contributed by atoms with van der Waals surface area (Å²) in [7, 11) is 0. The van der Waals surface area contributed by atoms with Crippen LogP contribution in [0.4, 0.5) is 0 Å². The molecular weight excluding hydrogens is 296 g/mol. The highest BCUT2D eigenvalue weighted by atomic mass is 16.4. The van der Waals surface area contributed by atoms with Crippen LogP contribution in [0, 0.1) is 0 Å². The van der Waals surface area contributed by atoms with Crippen molar-refractivity contribution in [2.45, 2.75) is 58.3 Å². The first-order chi connectivity index (χ1) is 11.8. The summed E-state index contributed by atoms with van der Waals surface area (Å²) in [6.07, 6.45) is 32.4. The molecule has 132 valence electrons. The maximum absolute atomic E-state index is 10.3. The fraction of sp³-hybridized carbons (Fsp3) is 0.409. The molecule has 0 aromatic rings. The van der Waals surface area contributed by atoms with Gasteiger partial charge in [0.2, 0.25) is 0 Å². The third-order valence-corrected chi connectivity index (χ3v) is 3.13. The fourth-order valence-electron chi connectivity index (χ4n) is 1.85. The SMILES string of the molecule is CC/C=C\CC/C=C/C=C\C/C=C\C=C\CC/C=C\CCC(=O)O. The third kappa shape index (κ3) is 19.9. The molecule has 1 N–H and O–H groups in total. The zero-order valence-corrected chi connectivity index (χ0v) is 14.9. The number of carbonyl (C=O) groups is 1. The Kier molecular flexibility index (Phi) is 17.3. The van der Waals surface area contributed by atoms with Crippen LogP contribution < -0.4 is 0 Å². The van der Waals surface area contributed by atoms with Gasteiger partial charge < -0.3 is 5.11 Å². The Morgan fingerprint density at radius 2 is 1.12 bits per heavy atom. The zero-order chi connectivity index (χ0) is 17.7. The molecule has 0 heterocycles. The van der Waals surface area contributed by atoms with E-state index in [1.807, 2.05) is 12.2 Å². The third-order valence-electron chi connectivity index (χ3n) is 3.13. The topological polar surface area (TPSA) is 37.3 Å². The Labute approximate surface area is 147 Å². The van der Waals surface area contributed by atoms with Crippen LogP contribution in [0.2, 0.25) is 0 Å². The smallest absolute Gasteiger partial charge is 0.303 e. The van der Waals surface area contributed by atoms with E-state index in [9.17, 15) is 4.79 Å². The first kappa shape index (κ1) is 21.9. The van der Waals surface area contributed by atoms with Gasteiger partial charge in [-0.1, -0.05) is 79.8 Å². The second kappa shape index (κ2) is 19.0. The van der Waals surface area contributed by atoms with E-state index in [-0.39, 0.29) is 6.42 Å². The highest BCUT2D eigenvalue weighted by molar-refractivity contribution is 5.66. The number of allylic oxidation sites excluding steroid dienone is 12. The van der Waals surface area contributed by atoms with Gasteiger partial charge in [0.25, 0.3) is 0 Å². The van der Waals surface area contributed by atoms with Gasteiger partial charge in [-0.25, -0.2) is 0 Å². The Hall–Kier alpha value is -2.09. The summed E-state index contributed by atoms with van der Waals surface area (Å²) in [5.74, 6) is -0.738. The lowest BCUT2D eigenvalue weighted by Gasteiger charge is -1.88. The normalized spacial score (nSPS) is 13.0. The number of hydrogen-bond donors (Lipinski definition) is 1. The van der Waals surface area contributed by atoms with Crippen molar-refractivity contribution in [1.82, 2.24) is 0 Å². The van der Waals surface area contributed by atoms with Crippen LogP contribution >= 0.6 is 0 Å². The van der Waals surface area contributed by atoms with Gasteiger partial charge in [-0.3, -0.25) is 4.79 Å². The predicted molar refractivity (Wildman–Crippen MR) is 105 cm³/mol. The second-order valence-corrected chi connectivity index (χ2v) is 5.39. The van der Waals surface area contributed by atoms with Gasteiger partial charge in [-0.05, 0) is 44.9 Å². The molecule has 0 atom stereocenters. The van der Waals surface area contributed by atoms with Crippen LogP contribution in [-0.4, -0.2) is 11.1 Å². The van der Waals surface area contributed by atoms with Gasteiger partial charge in [0.15, 0.2) is 0 Å². The molecule has 0 fully saturated rings. The molecule has 0 saturated carbocycles. The minimum atomic E-state index is -0.738. The van der Waals surface area contributed by atoms with Gasteiger partial charge in [-0.15, -0.1) is 0 Å². The largest absolute Gasteiger partial charge is 0.481 e. The van der Waals surface area contributed by atoms with Crippen LogP contribution in [0.1, 0.15) is 58.3 Å². The molecular formula is C22H32O2. The van der Waals surface area contributed by atoms with Gasteiger partial charge >= 0.3 is 5.97 Å². The van der Waals surface area contributed by atoms with Gasteiger partial charge in [0.1, 0.15) is 0 Å². The summed E-state index contributed by atoms with van der Waals surface area (Å²) in [4.78, 5) is 10.3. The summed E-state index contributed by atoms with van der Waals surface area (Å²) < 4.78 is 0. The Morgan fingerprint density at radius 1 is 0.667 bits per heavy atom. The molecule has 0 spiro atoms. The van der Waals surface area contributed by atoms with Crippen molar-refractivity contribution >= 4 is 5.97 Å². The molecule has 0 saturated heterocycles. The summed E-state index contributed by atoms with van der Waals surface area (Å²) in [6.45, 7) is 2.15. The lowest BCUT2D eigenvalue weighted by molar-refractivity contribution is -0.136. The van der Waals surface area contributed by atoms with E-state index in [1.54, 1.807) is 0 Å². The highest BCUT2D eigenvalue weighted by Gasteiger charge is 1.90. The van der Waals surface area contributed by atoms with Crippen LogP contribution in [0.25, 0.3) is 0 Å². The highest BCUT2D eigenvalue weighted by Crippen LogP contribution is 1.98. The molecule has 0 rings (SSSR count). The molecule has 0 aromatic heterocycles. The van der Waals surface area contributed by atoms with Crippen molar-refractivity contribution in [2.24, 2.45) is 0 Å². The molecule has 0 amide bonds. The second-order valence-electron chi connectivity index (χ2n) is 5.39. The van der Waals surface area contributed by atoms with Crippen LogP contribution in [-0.2, 0) is 4.79 Å². The number of rotatable bonds is 14. The van der Waals surface area contributed by atoms with Gasteiger partial charge in [0.05, 0.1) is 0 Å². The predicted octanol–water partition coefficient (Wildman–Crippen LogP) is 6.55. The van der Waals surface area contributed by atoms with Crippen LogP contribution in [0.5, 0.6) is 0 Å². The Morgan fingerprint density at radius 3 is 1.67 bits per heavy atom. The molecule has 0 aliphatic rings. The van der Waals surface area contributed by atoms with E-state index in [1.165, 1.54) is 0 Å². The minimum absolute atomic E-state index is 0.216. The number of aliphatic carboxylic acids is 1. The number of unbranched alkanes of at least 4 members (excludes halogenated alkanes) is 2. The molecule has 0 radical (unpaired) electrons. The van der Waals surface area contributed by atoms with Crippen molar-refractivity contribution in [3.05, 3.63) is 72.9 Å². The lowest BCUT2D eigenvalue weighted by atomic mass is 10.2. The Balaban J connectivity index is 3.53. The standard InChI is InChI=1S/C22H32O2/c1-2-3-4-5-6-7-8-9-10-11-12-13-14-15-16-17-18-19-20-21-22(23)24/h3-4,7-10,12-15,18-19H,2,5-6,11,16-17,20-21H2,1H3,(H,23,24)/b4-3-,8-7+,10-9-,13-12-,15-14+,19-18-. The first-order valence-corrected chi connectivity index (χ1v) is 8.92. The van der Waals surface area contributed by atoms with Crippen LogP contribution in [0.15, 0.2) is 72.9 Å². The molecule has 0 bridgehead atoms. The molecule has 0 aliphatic heterocycles. The minimum Gasteiger partial charge on any atom is -0.481 e. The molecule has 2 nitrogen and oxygen atoms in total. The van der Waals surface area contributed by atoms with E-state index in [0.717, 1.165) is 38.5 Å². The van der Waals surface area contributed by atoms with Crippen molar-refractivity contribution in [3.8, 4) is 0 Å². The quantitative estimate of drug-likeness (QED) is 0.223. The first-order valence-electron chi connectivity index (χ1n) is 8.92. The van der Waals surface area contributed by atoms with E-state index in [2.05, 4.69) is 67.7 Å². The van der Waals surface area contributed by atoms with E-state index >= 15 is 0 Å². The number of hydrogen-bond acceptors (Lipinski definition) is 1. The zero-order valence-electron chi connectivity index (χ0n) is 14.9. The number of carboxylic acids is 1. The summed E-state index contributed by atoms with van der Waals surface area (Å²) in [6, 6.07) is 0. The van der Waals surface area contributed by atoms with Gasteiger partial charge in [-0.2, -0.15) is 0 Å². The van der Waals surface area contributed by atoms with E-state index in [0.29, 0.717) is 6.42 Å². The summed E-state index contributed by atoms with van der Waals surface area (Å²) in [5, 5.41) is 8.49. The molecule has 0 aliphatic carbocycles. The number of carboxylic acid groups (broad SMARTS) is 1. The van der Waals surface area contributed by atoms with Crippen molar-refractivity contribution in [1.29, 1.82) is 0 Å². The van der Waals surface area contributed by atoms with Crippen LogP contribution in [0.3, 0.4) is 0 Å². The van der Waals surface area contributed by atoms with E-state index in [4.69, 9.17) is 5.11 Å². The molecule has 24 heavy (non-hydrogen) atoms. The average molecular weight is 328 g/mol. The summed E-state index contributed by atoms with van der Waals surface area (Å²) >= 11 is 0. The fourth-order valence-corrected chi connectivity index (χ4v) is 1.85. The van der Waals surface area contributed by atoms with E-state index < -0.39 is 5.97 Å². The average Bonchev–Trinajstić information content (AvgIpc) is 2.56.